The summed E-state index contributed by atoms with van der Waals surface area (Å²) < 4.78 is 42.5. The summed E-state index contributed by atoms with van der Waals surface area (Å²) in [6.45, 7) is 0.325. The quantitative estimate of drug-likeness (QED) is 0.533. The summed E-state index contributed by atoms with van der Waals surface area (Å²) in [6, 6.07) is 8.78. The fourth-order valence-electron chi connectivity index (χ4n) is 1.86. The first-order valence-electron chi connectivity index (χ1n) is 7.12. The van der Waals surface area contributed by atoms with E-state index in [4.69, 9.17) is 10.5 Å². The van der Waals surface area contributed by atoms with Crippen LogP contribution in [0.4, 0.5) is 18.9 Å². The molecule has 0 atom stereocenters. The van der Waals surface area contributed by atoms with Gasteiger partial charge in [0.1, 0.15) is 5.75 Å². The Labute approximate surface area is 155 Å². The number of hydrogen-bond acceptors (Lipinski definition) is 4. The van der Waals surface area contributed by atoms with E-state index in [0.29, 0.717) is 27.9 Å². The molecule has 25 heavy (non-hydrogen) atoms. The van der Waals surface area contributed by atoms with Gasteiger partial charge in [-0.15, -0.1) is 0 Å². The monoisotopic (exact) mass is 433 g/mol. The van der Waals surface area contributed by atoms with Crippen molar-refractivity contribution in [3.8, 4) is 5.75 Å². The standard InChI is InChI=1S/C16H15BrF3N3OS/c1-10-13(22-7-6-14(10)24-9-16(18,19)20)8-25-15(21)23-12-5-3-2-4-11(12)17/h2-7H,8-9H2,1H3,(H2,21,23). The SMILES string of the molecule is Cc1c(OCC(F)(F)F)ccnc1CSC(N)=Nc1ccccc1Br. The zero-order chi connectivity index (χ0) is 18.4. The van der Waals surface area contributed by atoms with Gasteiger partial charge < -0.3 is 10.5 Å². The van der Waals surface area contributed by atoms with Gasteiger partial charge in [0, 0.05) is 22.0 Å². The Kier molecular flexibility index (Phi) is 6.71. The lowest BCUT2D eigenvalue weighted by molar-refractivity contribution is -0.153. The predicted molar refractivity (Wildman–Crippen MR) is 97.2 cm³/mol. The molecule has 0 saturated heterocycles. The molecule has 0 spiro atoms. The Morgan fingerprint density at radius 3 is 2.72 bits per heavy atom. The molecule has 0 bridgehead atoms. The van der Waals surface area contributed by atoms with Crippen molar-refractivity contribution in [2.24, 2.45) is 10.7 Å². The number of rotatable bonds is 5. The van der Waals surface area contributed by atoms with Crippen LogP contribution < -0.4 is 10.5 Å². The van der Waals surface area contributed by atoms with Gasteiger partial charge in [0.2, 0.25) is 0 Å². The molecule has 0 aliphatic heterocycles. The normalized spacial score (nSPS) is 12.3. The fraction of sp³-hybridized carbons (Fsp3) is 0.250. The summed E-state index contributed by atoms with van der Waals surface area (Å²) in [5, 5.41) is 0.328. The van der Waals surface area contributed by atoms with Crippen molar-refractivity contribution in [3.05, 3.63) is 52.3 Å². The minimum atomic E-state index is -4.38. The van der Waals surface area contributed by atoms with Crippen molar-refractivity contribution in [1.82, 2.24) is 4.98 Å². The number of pyridine rings is 1. The number of nitrogens with two attached hydrogens (primary N) is 1. The van der Waals surface area contributed by atoms with Crippen LogP contribution in [0.1, 0.15) is 11.3 Å². The van der Waals surface area contributed by atoms with E-state index in [0.717, 1.165) is 4.47 Å². The molecular weight excluding hydrogens is 419 g/mol. The molecule has 0 aliphatic carbocycles. The lowest BCUT2D eigenvalue weighted by Gasteiger charge is -2.13. The second-order valence-corrected chi connectivity index (χ2v) is 6.82. The molecule has 0 unspecified atom stereocenters. The summed E-state index contributed by atoms with van der Waals surface area (Å²) >= 11 is 4.63. The molecule has 134 valence electrons. The molecule has 0 aliphatic rings. The van der Waals surface area contributed by atoms with E-state index < -0.39 is 12.8 Å². The zero-order valence-electron chi connectivity index (χ0n) is 13.2. The maximum absolute atomic E-state index is 12.3. The predicted octanol–water partition coefficient (Wildman–Crippen LogP) is 4.97. The summed E-state index contributed by atoms with van der Waals surface area (Å²) in [5.41, 5.74) is 7.75. The smallest absolute Gasteiger partial charge is 0.422 e. The Bertz CT molecular complexity index is 769. The minimum Gasteiger partial charge on any atom is -0.484 e. The van der Waals surface area contributed by atoms with E-state index in [9.17, 15) is 13.2 Å². The molecule has 0 amide bonds. The largest absolute Gasteiger partial charge is 0.484 e. The van der Waals surface area contributed by atoms with E-state index in [2.05, 4.69) is 25.9 Å². The number of hydrogen-bond donors (Lipinski definition) is 1. The van der Waals surface area contributed by atoms with Crippen molar-refractivity contribution in [2.75, 3.05) is 6.61 Å². The first kappa shape index (κ1) is 19.6. The highest BCUT2D eigenvalue weighted by atomic mass is 79.9. The van der Waals surface area contributed by atoms with Gasteiger partial charge in [-0.25, -0.2) is 4.99 Å². The molecule has 1 heterocycles. The lowest BCUT2D eigenvalue weighted by atomic mass is 10.2. The summed E-state index contributed by atoms with van der Waals surface area (Å²) in [6.07, 6.45) is -2.97. The van der Waals surface area contributed by atoms with Crippen molar-refractivity contribution in [1.29, 1.82) is 0 Å². The second kappa shape index (κ2) is 8.57. The molecule has 4 nitrogen and oxygen atoms in total. The fourth-order valence-corrected chi connectivity index (χ4v) is 2.97. The molecule has 2 N–H and O–H groups in total. The number of aromatic nitrogens is 1. The van der Waals surface area contributed by atoms with Crippen molar-refractivity contribution < 1.29 is 17.9 Å². The molecule has 2 aromatic rings. The molecule has 2 rings (SSSR count). The second-order valence-electron chi connectivity index (χ2n) is 4.97. The first-order valence-corrected chi connectivity index (χ1v) is 8.89. The van der Waals surface area contributed by atoms with Gasteiger partial charge in [0.15, 0.2) is 11.8 Å². The van der Waals surface area contributed by atoms with Crippen molar-refractivity contribution >= 4 is 38.5 Å². The molecular formula is C16H15BrF3N3OS. The summed E-state index contributed by atoms with van der Waals surface area (Å²) in [5.74, 6) is 0.527. The Hall–Kier alpha value is -1.74. The molecule has 1 aromatic heterocycles. The number of alkyl halides is 3. The average molecular weight is 434 g/mol. The van der Waals surface area contributed by atoms with E-state index in [1.54, 1.807) is 6.92 Å². The number of ether oxygens (including phenoxy) is 1. The van der Waals surface area contributed by atoms with E-state index >= 15 is 0 Å². The molecule has 1 aromatic carbocycles. The van der Waals surface area contributed by atoms with Gasteiger partial charge in [-0.2, -0.15) is 13.2 Å². The maximum Gasteiger partial charge on any atom is 0.422 e. The third-order valence-electron chi connectivity index (χ3n) is 3.09. The summed E-state index contributed by atoms with van der Waals surface area (Å²) in [7, 11) is 0. The number of aliphatic imine (C=N–C) groups is 1. The highest BCUT2D eigenvalue weighted by Crippen LogP contribution is 2.27. The van der Waals surface area contributed by atoms with Crippen LogP contribution in [0.3, 0.4) is 0 Å². The first-order chi connectivity index (χ1) is 11.8. The Balaban J connectivity index is 2.04. The Morgan fingerprint density at radius 1 is 1.32 bits per heavy atom. The van der Waals surface area contributed by atoms with Crippen LogP contribution in [0.2, 0.25) is 0 Å². The summed E-state index contributed by atoms with van der Waals surface area (Å²) in [4.78, 5) is 8.48. The van der Waals surface area contributed by atoms with Gasteiger partial charge in [-0.1, -0.05) is 23.9 Å². The number of halogens is 4. The lowest BCUT2D eigenvalue weighted by Crippen LogP contribution is -2.19. The van der Waals surface area contributed by atoms with Crippen LogP contribution in [0.15, 0.2) is 46.0 Å². The molecule has 0 saturated carbocycles. The van der Waals surface area contributed by atoms with Crippen molar-refractivity contribution in [3.63, 3.8) is 0 Å². The van der Waals surface area contributed by atoms with Gasteiger partial charge in [-0.3, -0.25) is 4.98 Å². The van der Waals surface area contributed by atoms with Crippen LogP contribution in [-0.4, -0.2) is 22.9 Å². The third kappa shape index (κ3) is 6.24. The zero-order valence-corrected chi connectivity index (χ0v) is 15.6. The number of nitrogens with zero attached hydrogens (tertiary/aromatic N) is 2. The van der Waals surface area contributed by atoms with Gasteiger partial charge in [-0.05, 0) is 41.1 Å². The van der Waals surface area contributed by atoms with E-state index in [1.807, 2.05) is 24.3 Å². The Morgan fingerprint density at radius 2 is 2.04 bits per heavy atom. The third-order valence-corrected chi connectivity index (χ3v) is 4.57. The molecule has 9 heteroatoms. The van der Waals surface area contributed by atoms with Crippen LogP contribution in [0.25, 0.3) is 0 Å². The number of para-hydroxylation sites is 1. The number of thioether (sulfide) groups is 1. The minimum absolute atomic E-state index is 0.157. The topological polar surface area (TPSA) is 60.5 Å². The number of amidine groups is 1. The number of benzene rings is 1. The van der Waals surface area contributed by atoms with Crippen molar-refractivity contribution in [2.45, 2.75) is 18.9 Å². The van der Waals surface area contributed by atoms with Crippen LogP contribution in [-0.2, 0) is 5.75 Å². The molecule has 0 fully saturated rings. The van der Waals surface area contributed by atoms with Gasteiger partial charge >= 0.3 is 6.18 Å². The average Bonchev–Trinajstić information content (AvgIpc) is 2.54. The van der Waals surface area contributed by atoms with Crippen LogP contribution >= 0.6 is 27.7 Å². The highest BCUT2D eigenvalue weighted by molar-refractivity contribution is 9.10. The highest BCUT2D eigenvalue weighted by Gasteiger charge is 2.28. The van der Waals surface area contributed by atoms with Crippen LogP contribution in [0.5, 0.6) is 5.75 Å². The van der Waals surface area contributed by atoms with E-state index in [1.165, 1.54) is 24.0 Å². The maximum atomic E-state index is 12.3. The molecule has 0 radical (unpaired) electrons. The van der Waals surface area contributed by atoms with Gasteiger partial charge in [0.05, 0.1) is 11.4 Å². The van der Waals surface area contributed by atoms with Gasteiger partial charge in [0.25, 0.3) is 0 Å². The van der Waals surface area contributed by atoms with Crippen LogP contribution in [0, 0.1) is 6.92 Å². The van der Waals surface area contributed by atoms with E-state index in [-0.39, 0.29) is 5.75 Å².